The molecule has 0 spiro atoms. The number of halogens is 2. The van der Waals surface area contributed by atoms with Gasteiger partial charge in [-0.05, 0) is 30.7 Å². The van der Waals surface area contributed by atoms with Crippen LogP contribution in [0.2, 0.25) is 0 Å². The molecule has 0 aliphatic heterocycles. The van der Waals surface area contributed by atoms with E-state index in [-0.39, 0.29) is 18.6 Å². The second kappa shape index (κ2) is 7.28. The summed E-state index contributed by atoms with van der Waals surface area (Å²) in [6, 6.07) is 4.23. The minimum absolute atomic E-state index is 0.110. The molecule has 0 fully saturated rings. The molecule has 2 N–H and O–H groups in total. The maximum atomic E-state index is 13.4. The first-order valence-electron chi connectivity index (χ1n) is 5.61. The molecule has 0 heterocycles. The average molecular weight is 316 g/mol. The van der Waals surface area contributed by atoms with E-state index in [4.69, 9.17) is 5.11 Å². The standard InChI is InChI=1S/C13H15BrFNO2/c1-2-11(8-17)16-13(18)6-3-9-7-10(14)4-5-12(9)15/h3-7,11,17H,2,8H2,1H3,(H,16,18)/b6-3+/t11-/m0/s1. The summed E-state index contributed by atoms with van der Waals surface area (Å²) in [5, 5.41) is 11.5. The number of amides is 1. The SMILES string of the molecule is CC[C@@H](CO)NC(=O)/C=C/c1cc(Br)ccc1F. The maximum absolute atomic E-state index is 13.4. The van der Waals surface area contributed by atoms with Crippen LogP contribution < -0.4 is 5.32 Å². The van der Waals surface area contributed by atoms with Crippen LogP contribution in [0.3, 0.4) is 0 Å². The number of carbonyl (C=O) groups is 1. The second-order valence-corrected chi connectivity index (χ2v) is 4.71. The zero-order chi connectivity index (χ0) is 13.5. The van der Waals surface area contributed by atoms with Crippen molar-refractivity contribution in [2.75, 3.05) is 6.61 Å². The number of hydrogen-bond donors (Lipinski definition) is 2. The van der Waals surface area contributed by atoms with Crippen LogP contribution in [0.4, 0.5) is 4.39 Å². The summed E-state index contributed by atoms with van der Waals surface area (Å²) in [6.07, 6.45) is 3.30. The molecule has 98 valence electrons. The molecule has 1 amide bonds. The van der Waals surface area contributed by atoms with Gasteiger partial charge < -0.3 is 10.4 Å². The summed E-state index contributed by atoms with van der Waals surface area (Å²) in [6.45, 7) is 1.75. The number of rotatable bonds is 5. The summed E-state index contributed by atoms with van der Waals surface area (Å²) < 4.78 is 14.1. The molecule has 1 aromatic carbocycles. The van der Waals surface area contributed by atoms with Gasteiger partial charge in [0.15, 0.2) is 0 Å². The van der Waals surface area contributed by atoms with Crippen LogP contribution in [0.5, 0.6) is 0 Å². The fourth-order valence-corrected chi connectivity index (χ4v) is 1.71. The molecule has 18 heavy (non-hydrogen) atoms. The molecule has 0 radical (unpaired) electrons. The van der Waals surface area contributed by atoms with Gasteiger partial charge in [-0.15, -0.1) is 0 Å². The number of nitrogens with one attached hydrogen (secondary N) is 1. The molecule has 0 saturated heterocycles. The van der Waals surface area contributed by atoms with Crippen molar-refractivity contribution >= 4 is 27.9 Å². The fraction of sp³-hybridized carbons (Fsp3) is 0.308. The van der Waals surface area contributed by atoms with Gasteiger partial charge in [0.2, 0.25) is 5.91 Å². The molecular weight excluding hydrogens is 301 g/mol. The first-order chi connectivity index (χ1) is 8.56. The van der Waals surface area contributed by atoms with Gasteiger partial charge in [0.05, 0.1) is 12.6 Å². The molecule has 5 heteroatoms. The van der Waals surface area contributed by atoms with Gasteiger partial charge in [-0.1, -0.05) is 22.9 Å². The van der Waals surface area contributed by atoms with Crippen molar-refractivity contribution in [1.82, 2.24) is 5.32 Å². The minimum Gasteiger partial charge on any atom is -0.394 e. The summed E-state index contributed by atoms with van der Waals surface area (Å²) >= 11 is 3.23. The van der Waals surface area contributed by atoms with Crippen LogP contribution in [0, 0.1) is 5.82 Å². The predicted octanol–water partition coefficient (Wildman–Crippen LogP) is 2.49. The Morgan fingerprint density at radius 1 is 1.61 bits per heavy atom. The Labute approximate surface area is 114 Å². The lowest BCUT2D eigenvalue weighted by Crippen LogP contribution is -2.35. The Hall–Kier alpha value is -1.20. The van der Waals surface area contributed by atoms with Crippen LogP contribution >= 0.6 is 15.9 Å². The number of benzene rings is 1. The van der Waals surface area contributed by atoms with E-state index in [2.05, 4.69) is 21.2 Å². The Morgan fingerprint density at radius 2 is 2.33 bits per heavy atom. The second-order valence-electron chi connectivity index (χ2n) is 3.80. The lowest BCUT2D eigenvalue weighted by molar-refractivity contribution is -0.117. The van der Waals surface area contributed by atoms with Crippen LogP contribution in [-0.2, 0) is 4.79 Å². The van der Waals surface area contributed by atoms with Gasteiger partial charge in [0.25, 0.3) is 0 Å². The third-order valence-electron chi connectivity index (χ3n) is 2.43. The lowest BCUT2D eigenvalue weighted by atomic mass is 10.2. The van der Waals surface area contributed by atoms with Crippen LogP contribution in [0.15, 0.2) is 28.7 Å². The molecule has 0 bridgehead atoms. The Kier molecular flexibility index (Phi) is 6.01. The monoisotopic (exact) mass is 315 g/mol. The van der Waals surface area contributed by atoms with Crippen molar-refractivity contribution in [3.05, 3.63) is 40.1 Å². The van der Waals surface area contributed by atoms with E-state index in [0.29, 0.717) is 12.0 Å². The average Bonchev–Trinajstić information content (AvgIpc) is 2.37. The minimum atomic E-state index is -0.392. The quantitative estimate of drug-likeness (QED) is 0.820. The molecule has 0 aliphatic rings. The van der Waals surface area contributed by atoms with Crippen LogP contribution in [0.25, 0.3) is 6.08 Å². The van der Waals surface area contributed by atoms with Crippen molar-refractivity contribution in [2.45, 2.75) is 19.4 Å². The summed E-state index contributed by atoms with van der Waals surface area (Å²) in [7, 11) is 0. The highest BCUT2D eigenvalue weighted by atomic mass is 79.9. The predicted molar refractivity (Wildman–Crippen MR) is 72.4 cm³/mol. The van der Waals surface area contributed by atoms with Crippen molar-refractivity contribution in [3.8, 4) is 0 Å². The molecule has 1 aromatic rings. The van der Waals surface area contributed by atoms with Gasteiger partial charge in [-0.3, -0.25) is 4.79 Å². The van der Waals surface area contributed by atoms with Crippen molar-refractivity contribution in [3.63, 3.8) is 0 Å². The van der Waals surface area contributed by atoms with E-state index in [9.17, 15) is 9.18 Å². The highest BCUT2D eigenvalue weighted by Gasteiger charge is 2.06. The zero-order valence-electron chi connectivity index (χ0n) is 9.99. The molecule has 0 aliphatic carbocycles. The van der Waals surface area contributed by atoms with Gasteiger partial charge in [0.1, 0.15) is 5.82 Å². The Bertz CT molecular complexity index is 445. The van der Waals surface area contributed by atoms with E-state index < -0.39 is 5.82 Å². The van der Waals surface area contributed by atoms with Crippen molar-refractivity contribution < 1.29 is 14.3 Å². The largest absolute Gasteiger partial charge is 0.394 e. The van der Waals surface area contributed by atoms with E-state index in [1.165, 1.54) is 18.2 Å². The molecule has 1 rings (SSSR count). The van der Waals surface area contributed by atoms with E-state index in [1.54, 1.807) is 12.1 Å². The normalized spacial score (nSPS) is 12.7. The highest BCUT2D eigenvalue weighted by Crippen LogP contribution is 2.16. The molecule has 1 atom stereocenters. The Morgan fingerprint density at radius 3 is 2.94 bits per heavy atom. The van der Waals surface area contributed by atoms with E-state index in [1.807, 2.05) is 6.92 Å². The first kappa shape index (κ1) is 14.9. The van der Waals surface area contributed by atoms with Crippen LogP contribution in [-0.4, -0.2) is 23.7 Å². The van der Waals surface area contributed by atoms with Gasteiger partial charge in [-0.25, -0.2) is 4.39 Å². The number of aliphatic hydroxyl groups is 1. The van der Waals surface area contributed by atoms with E-state index in [0.717, 1.165) is 4.47 Å². The first-order valence-corrected chi connectivity index (χ1v) is 6.40. The molecule has 0 unspecified atom stereocenters. The van der Waals surface area contributed by atoms with Crippen LogP contribution in [0.1, 0.15) is 18.9 Å². The molecule has 0 saturated carbocycles. The maximum Gasteiger partial charge on any atom is 0.244 e. The number of carbonyl (C=O) groups excluding carboxylic acids is 1. The molecule has 0 aromatic heterocycles. The zero-order valence-corrected chi connectivity index (χ0v) is 11.6. The number of hydrogen-bond acceptors (Lipinski definition) is 2. The third kappa shape index (κ3) is 4.58. The van der Waals surface area contributed by atoms with Gasteiger partial charge >= 0.3 is 0 Å². The highest BCUT2D eigenvalue weighted by molar-refractivity contribution is 9.10. The molecule has 3 nitrogen and oxygen atoms in total. The van der Waals surface area contributed by atoms with Crippen molar-refractivity contribution in [1.29, 1.82) is 0 Å². The Balaban J connectivity index is 2.68. The molecular formula is C13H15BrFNO2. The van der Waals surface area contributed by atoms with Gasteiger partial charge in [0, 0.05) is 16.1 Å². The lowest BCUT2D eigenvalue weighted by Gasteiger charge is -2.11. The third-order valence-corrected chi connectivity index (χ3v) is 2.93. The van der Waals surface area contributed by atoms with Gasteiger partial charge in [-0.2, -0.15) is 0 Å². The summed E-state index contributed by atoms with van der Waals surface area (Å²) in [5.74, 6) is -0.744. The van der Waals surface area contributed by atoms with Crippen molar-refractivity contribution in [2.24, 2.45) is 0 Å². The smallest absolute Gasteiger partial charge is 0.244 e. The fourth-order valence-electron chi connectivity index (χ4n) is 1.33. The van der Waals surface area contributed by atoms with E-state index >= 15 is 0 Å². The summed E-state index contributed by atoms with van der Waals surface area (Å²) in [4.78, 5) is 11.5. The number of aliphatic hydroxyl groups excluding tert-OH is 1. The summed E-state index contributed by atoms with van der Waals surface area (Å²) in [5.41, 5.74) is 0.330. The topological polar surface area (TPSA) is 49.3 Å².